The smallest absolute Gasteiger partial charge is 0.454 e. The Balaban J connectivity index is -0.0000000910. The van der Waals surface area contributed by atoms with E-state index in [1.807, 2.05) is 0 Å². The maximum Gasteiger partial charge on any atom is 1.00 e. The average Bonchev–Trinajstić information content (AvgIpc) is 1.65. The number of halogens is 3. The molecule has 0 aromatic carbocycles. The summed E-state index contributed by atoms with van der Waals surface area (Å²) in [5.41, 5.74) is 0. The summed E-state index contributed by atoms with van der Waals surface area (Å²) in [6.07, 6.45) is -2.91. The number of rotatable bonds is 1. The van der Waals surface area contributed by atoms with Crippen LogP contribution in [0.2, 0.25) is 0 Å². The molecule has 0 aliphatic heterocycles. The minimum Gasteiger partial charge on any atom is -0.454 e. The van der Waals surface area contributed by atoms with Crippen molar-refractivity contribution >= 4 is 8.60 Å². The maximum atomic E-state index is 10.3. The molecule has 58 valence electrons. The van der Waals surface area contributed by atoms with Crippen molar-refractivity contribution in [2.45, 2.75) is 6.43 Å². The second kappa shape index (κ2) is 12.7. The molecule has 0 saturated heterocycles. The largest absolute Gasteiger partial charge is 1.00 e. The van der Waals surface area contributed by atoms with Crippen LogP contribution in [0, 0.1) is 6.67 Å². The Morgan fingerprint density at radius 3 is 1.30 bits per heavy atom. The summed E-state index contributed by atoms with van der Waals surface area (Å²) in [6, 6.07) is 0. The van der Waals surface area contributed by atoms with Gasteiger partial charge in [0.15, 0.2) is 0 Å². The van der Waals surface area contributed by atoms with Crippen LogP contribution in [0.25, 0.3) is 0 Å². The number of hydrogen-bond acceptors (Lipinski definition) is 3. The SMILES string of the molecule is F[CH-]C(F)F.OP(O)O.[Na+]. The van der Waals surface area contributed by atoms with Gasteiger partial charge in [-0.2, -0.15) is 0 Å². The molecule has 8 heteroatoms. The van der Waals surface area contributed by atoms with E-state index in [0.717, 1.165) is 0 Å². The van der Waals surface area contributed by atoms with Gasteiger partial charge in [-0.1, -0.05) is 0 Å². The molecule has 0 heterocycles. The van der Waals surface area contributed by atoms with Crippen LogP contribution in [0.3, 0.4) is 0 Å². The summed E-state index contributed by atoms with van der Waals surface area (Å²) in [5, 5.41) is 0. The van der Waals surface area contributed by atoms with Crippen LogP contribution in [-0.2, 0) is 0 Å². The van der Waals surface area contributed by atoms with Crippen molar-refractivity contribution in [3.63, 3.8) is 0 Å². The van der Waals surface area contributed by atoms with Crippen molar-refractivity contribution in [2.24, 2.45) is 0 Å². The third kappa shape index (κ3) is 62.1. The predicted octanol–water partition coefficient (Wildman–Crippen LogP) is -2.42. The molecule has 0 aliphatic rings. The Morgan fingerprint density at radius 2 is 1.30 bits per heavy atom. The Kier molecular flexibility index (Phi) is 22.0. The molecule has 0 unspecified atom stereocenters. The first-order chi connectivity index (χ1) is 4.00. The first-order valence-corrected chi connectivity index (χ1v) is 2.79. The van der Waals surface area contributed by atoms with E-state index >= 15 is 0 Å². The van der Waals surface area contributed by atoms with Crippen molar-refractivity contribution in [1.82, 2.24) is 0 Å². The molecule has 3 nitrogen and oxygen atoms in total. The van der Waals surface area contributed by atoms with E-state index in [-0.39, 0.29) is 29.6 Å². The fourth-order valence-corrected chi connectivity index (χ4v) is 0. The molecule has 10 heavy (non-hydrogen) atoms. The van der Waals surface area contributed by atoms with Crippen LogP contribution in [0.5, 0.6) is 0 Å². The quantitative estimate of drug-likeness (QED) is 0.244. The summed E-state index contributed by atoms with van der Waals surface area (Å²) in [5.74, 6) is 0. The minimum atomic E-state index is -2.91. The third-order valence-corrected chi connectivity index (χ3v) is 0.0952. The molecule has 0 radical (unpaired) electrons. The van der Waals surface area contributed by atoms with E-state index in [0.29, 0.717) is 0 Å². The molecule has 0 amide bonds. The van der Waals surface area contributed by atoms with Crippen molar-refractivity contribution < 1.29 is 57.4 Å². The Bertz CT molecular complexity index is 54.3. The van der Waals surface area contributed by atoms with Gasteiger partial charge in [-0.05, 0) is 0 Å². The minimum absolute atomic E-state index is 0. The van der Waals surface area contributed by atoms with E-state index < -0.39 is 21.7 Å². The molecule has 0 spiro atoms. The molecular formula is C2H5F3NaO3P. The van der Waals surface area contributed by atoms with E-state index in [1.165, 1.54) is 0 Å². The fraction of sp³-hybridized carbons (Fsp3) is 0.500. The summed E-state index contributed by atoms with van der Waals surface area (Å²) >= 11 is 0. The van der Waals surface area contributed by atoms with Gasteiger partial charge in [0.2, 0.25) is 0 Å². The average molecular weight is 188 g/mol. The first kappa shape index (κ1) is 17.3. The normalized spacial score (nSPS) is 8.40. The molecule has 0 aliphatic carbocycles. The number of hydrogen-bond donors (Lipinski definition) is 3. The zero-order valence-electron chi connectivity index (χ0n) is 5.08. The van der Waals surface area contributed by atoms with Crippen LogP contribution in [0.15, 0.2) is 0 Å². The molecule has 3 N–H and O–H groups in total. The van der Waals surface area contributed by atoms with Crippen LogP contribution in [0.4, 0.5) is 13.2 Å². The van der Waals surface area contributed by atoms with Crippen LogP contribution in [0.1, 0.15) is 0 Å². The van der Waals surface area contributed by atoms with Gasteiger partial charge in [-0.15, -0.1) is 6.67 Å². The molecule has 0 bridgehead atoms. The van der Waals surface area contributed by atoms with Gasteiger partial charge in [-0.25, -0.2) is 8.78 Å². The molecule has 0 fully saturated rings. The third-order valence-electron chi connectivity index (χ3n) is 0.0952. The zero-order valence-corrected chi connectivity index (χ0v) is 7.97. The van der Waals surface area contributed by atoms with Crippen molar-refractivity contribution in [2.75, 3.05) is 0 Å². The van der Waals surface area contributed by atoms with Gasteiger partial charge < -0.3 is 19.1 Å². The van der Waals surface area contributed by atoms with E-state index in [9.17, 15) is 13.2 Å². The topological polar surface area (TPSA) is 60.7 Å². The Morgan fingerprint density at radius 1 is 1.20 bits per heavy atom. The van der Waals surface area contributed by atoms with Gasteiger partial charge in [0.05, 0.1) is 0 Å². The monoisotopic (exact) mass is 188 g/mol. The summed E-state index contributed by atoms with van der Waals surface area (Å²) in [7, 11) is -2.62. The van der Waals surface area contributed by atoms with E-state index in [2.05, 4.69) is 0 Å². The van der Waals surface area contributed by atoms with E-state index in [4.69, 9.17) is 14.7 Å². The number of alkyl halides is 2. The second-order valence-corrected chi connectivity index (χ2v) is 1.27. The van der Waals surface area contributed by atoms with Crippen molar-refractivity contribution in [3.05, 3.63) is 6.67 Å². The molecule has 0 aromatic heterocycles. The standard InChI is InChI=1S/C2H2F3.Na.H3O3P/c3-1-2(4)5;;1-4(2)3/h1-2H;;1-3H/q-1;+1;. The predicted molar refractivity (Wildman–Crippen MR) is 25.0 cm³/mol. The van der Waals surface area contributed by atoms with Gasteiger partial charge in [-0.3, -0.25) is 0 Å². The summed E-state index contributed by atoms with van der Waals surface area (Å²) < 4.78 is 30.9. The van der Waals surface area contributed by atoms with Crippen molar-refractivity contribution in [1.29, 1.82) is 0 Å². The van der Waals surface area contributed by atoms with Gasteiger partial charge >= 0.3 is 38.2 Å². The molecule has 0 saturated carbocycles. The molecule has 0 rings (SSSR count). The fourth-order valence-electron chi connectivity index (χ4n) is 0. The van der Waals surface area contributed by atoms with Gasteiger partial charge in [0, 0.05) is 0 Å². The van der Waals surface area contributed by atoms with E-state index in [1.54, 1.807) is 0 Å². The van der Waals surface area contributed by atoms with Gasteiger partial charge in [0.1, 0.15) is 6.43 Å². The molecule has 0 aromatic rings. The Labute approximate surface area is 79.2 Å². The van der Waals surface area contributed by atoms with Crippen LogP contribution < -0.4 is 29.6 Å². The van der Waals surface area contributed by atoms with Crippen LogP contribution in [-0.4, -0.2) is 21.1 Å². The van der Waals surface area contributed by atoms with Crippen LogP contribution >= 0.6 is 8.60 Å². The summed E-state index contributed by atoms with van der Waals surface area (Å²) in [4.78, 5) is 21.7. The molecule has 0 atom stereocenters. The van der Waals surface area contributed by atoms with Crippen molar-refractivity contribution in [3.8, 4) is 0 Å². The second-order valence-electron chi connectivity index (χ2n) is 0.729. The Hall–Kier alpha value is 1.10. The molecular weight excluding hydrogens is 183 g/mol. The maximum absolute atomic E-state index is 10.3. The zero-order chi connectivity index (χ0) is 7.86. The van der Waals surface area contributed by atoms with Gasteiger partial charge in [0.25, 0.3) is 0 Å². The first-order valence-electron chi connectivity index (χ1n) is 1.59. The summed E-state index contributed by atoms with van der Waals surface area (Å²) in [6.45, 7) is -0.667.